The first-order chi connectivity index (χ1) is 13.6. The Hall–Kier alpha value is -4.21. The van der Waals surface area contributed by atoms with E-state index in [4.69, 9.17) is 5.73 Å². The standard InChI is InChI=1S/C18H14N8O2/c19-17-22-16(25-14-7-2-1-6-13(14)21-18(25)23-17)12-9-20-24-15(12)10-4-3-5-11(8-10)26(27)28/h1-9,16H,(H,20,24)(H3,19,21,22,23)/t16-/m1/s1. The molecule has 0 amide bonds. The monoisotopic (exact) mass is 374 g/mol. The molecule has 0 saturated heterocycles. The van der Waals surface area contributed by atoms with Crippen molar-refractivity contribution in [3.05, 3.63) is 70.4 Å². The summed E-state index contributed by atoms with van der Waals surface area (Å²) in [5, 5.41) is 21.2. The van der Waals surface area contributed by atoms with Crippen molar-refractivity contribution in [2.24, 2.45) is 10.7 Å². The van der Waals surface area contributed by atoms with Crippen molar-refractivity contribution in [2.45, 2.75) is 6.17 Å². The average molecular weight is 374 g/mol. The summed E-state index contributed by atoms with van der Waals surface area (Å²) in [6.45, 7) is 0. The molecule has 1 aliphatic heterocycles. The van der Waals surface area contributed by atoms with E-state index in [1.807, 2.05) is 28.8 Å². The number of guanidine groups is 1. The number of aliphatic imine (C=N–C) groups is 1. The van der Waals surface area contributed by atoms with Gasteiger partial charge < -0.3 is 5.73 Å². The third-order valence-electron chi connectivity index (χ3n) is 4.63. The van der Waals surface area contributed by atoms with E-state index >= 15 is 0 Å². The van der Waals surface area contributed by atoms with Crippen molar-refractivity contribution in [3.63, 3.8) is 0 Å². The molecule has 2 aromatic heterocycles. The largest absolute Gasteiger partial charge is 0.370 e. The molecule has 0 fully saturated rings. The van der Waals surface area contributed by atoms with Gasteiger partial charge in [-0.15, -0.1) is 0 Å². The Morgan fingerprint density at radius 2 is 2.04 bits per heavy atom. The van der Waals surface area contributed by atoms with Crippen LogP contribution in [-0.4, -0.2) is 30.6 Å². The molecule has 1 aliphatic rings. The number of imidazole rings is 1. The van der Waals surface area contributed by atoms with Crippen LogP contribution in [0, 0.1) is 10.1 Å². The number of nitro benzene ring substituents is 1. The Morgan fingerprint density at radius 1 is 1.18 bits per heavy atom. The number of hydrogen-bond acceptors (Lipinski definition) is 7. The molecule has 10 nitrogen and oxygen atoms in total. The van der Waals surface area contributed by atoms with Crippen LogP contribution in [0.3, 0.4) is 0 Å². The maximum Gasteiger partial charge on any atom is 0.270 e. The second kappa shape index (κ2) is 5.91. The van der Waals surface area contributed by atoms with Gasteiger partial charge in [-0.3, -0.25) is 25.1 Å². The van der Waals surface area contributed by atoms with Gasteiger partial charge >= 0.3 is 0 Å². The van der Waals surface area contributed by atoms with E-state index in [2.05, 4.69) is 25.5 Å². The van der Waals surface area contributed by atoms with Gasteiger partial charge in [-0.05, 0) is 12.1 Å². The number of H-pyrrole nitrogens is 1. The number of nitrogens with one attached hydrogen (secondary N) is 2. The van der Waals surface area contributed by atoms with Gasteiger partial charge in [-0.1, -0.05) is 24.3 Å². The summed E-state index contributed by atoms with van der Waals surface area (Å²) in [5.41, 5.74) is 9.68. The van der Waals surface area contributed by atoms with Crippen LogP contribution < -0.4 is 11.1 Å². The predicted molar refractivity (Wildman–Crippen MR) is 104 cm³/mol. The third-order valence-corrected chi connectivity index (χ3v) is 4.63. The number of aromatic nitrogens is 4. The number of anilines is 1. The van der Waals surface area contributed by atoms with Crippen LogP contribution >= 0.6 is 0 Å². The molecule has 0 aliphatic carbocycles. The molecule has 2 aromatic carbocycles. The van der Waals surface area contributed by atoms with Gasteiger partial charge in [0.1, 0.15) is 0 Å². The topological polar surface area (TPSA) is 140 Å². The zero-order chi connectivity index (χ0) is 19.3. The molecule has 0 spiro atoms. The number of nitrogens with two attached hydrogens (primary N) is 1. The highest BCUT2D eigenvalue weighted by Gasteiger charge is 2.28. The summed E-state index contributed by atoms with van der Waals surface area (Å²) in [6.07, 6.45) is 1.14. The zero-order valence-electron chi connectivity index (χ0n) is 14.4. The fourth-order valence-corrected chi connectivity index (χ4v) is 3.42. The second-order valence-corrected chi connectivity index (χ2v) is 6.31. The zero-order valence-corrected chi connectivity index (χ0v) is 14.4. The van der Waals surface area contributed by atoms with Crippen molar-refractivity contribution in [1.82, 2.24) is 19.7 Å². The molecule has 0 unspecified atom stereocenters. The smallest absolute Gasteiger partial charge is 0.270 e. The molecule has 138 valence electrons. The van der Waals surface area contributed by atoms with Gasteiger partial charge in [0.05, 0.1) is 27.8 Å². The van der Waals surface area contributed by atoms with E-state index in [9.17, 15) is 10.1 Å². The summed E-state index contributed by atoms with van der Waals surface area (Å²) in [7, 11) is 0. The first kappa shape index (κ1) is 16.0. The molecule has 0 bridgehead atoms. The molecule has 0 radical (unpaired) electrons. The fraction of sp³-hybridized carbons (Fsp3) is 0.0556. The minimum absolute atomic E-state index is 0.000135. The number of non-ortho nitro benzene ring substituents is 1. The van der Waals surface area contributed by atoms with Crippen molar-refractivity contribution in [2.75, 3.05) is 5.32 Å². The van der Waals surface area contributed by atoms with E-state index < -0.39 is 11.1 Å². The molecule has 5 rings (SSSR count). The number of para-hydroxylation sites is 2. The minimum Gasteiger partial charge on any atom is -0.370 e. The van der Waals surface area contributed by atoms with E-state index in [0.29, 0.717) is 17.2 Å². The number of rotatable bonds is 3. The Bertz CT molecular complexity index is 1260. The number of nitro groups is 1. The predicted octanol–water partition coefficient (Wildman–Crippen LogP) is 2.62. The Balaban J connectivity index is 1.70. The molecule has 4 aromatic rings. The summed E-state index contributed by atoms with van der Waals surface area (Å²) in [5.74, 6) is 0.809. The fourth-order valence-electron chi connectivity index (χ4n) is 3.42. The lowest BCUT2D eigenvalue weighted by Gasteiger charge is -2.23. The lowest BCUT2D eigenvalue weighted by Crippen LogP contribution is -2.31. The van der Waals surface area contributed by atoms with Crippen LogP contribution in [0.5, 0.6) is 0 Å². The SMILES string of the molecule is NC1=N[C@@H](c2cn[nH]c2-c2cccc([N+](=O)[O-])c2)n2c(nc3ccccc32)N1. The van der Waals surface area contributed by atoms with E-state index in [0.717, 1.165) is 16.6 Å². The Morgan fingerprint density at radius 3 is 2.89 bits per heavy atom. The maximum absolute atomic E-state index is 11.1. The molecule has 1 atom stereocenters. The molecule has 28 heavy (non-hydrogen) atoms. The van der Waals surface area contributed by atoms with Crippen LogP contribution in [-0.2, 0) is 0 Å². The second-order valence-electron chi connectivity index (χ2n) is 6.31. The lowest BCUT2D eigenvalue weighted by molar-refractivity contribution is -0.384. The number of nitrogens with zero attached hydrogens (tertiary/aromatic N) is 5. The third kappa shape index (κ3) is 2.39. The van der Waals surface area contributed by atoms with Gasteiger partial charge in [-0.25, -0.2) is 9.98 Å². The highest BCUT2D eigenvalue weighted by atomic mass is 16.6. The first-order valence-electron chi connectivity index (χ1n) is 8.47. The molecule has 4 N–H and O–H groups in total. The van der Waals surface area contributed by atoms with Gasteiger partial charge in [0.15, 0.2) is 12.1 Å². The van der Waals surface area contributed by atoms with Gasteiger partial charge in [-0.2, -0.15) is 5.10 Å². The van der Waals surface area contributed by atoms with Crippen molar-refractivity contribution < 1.29 is 4.92 Å². The first-order valence-corrected chi connectivity index (χ1v) is 8.47. The summed E-state index contributed by atoms with van der Waals surface area (Å²) in [4.78, 5) is 19.8. The van der Waals surface area contributed by atoms with Crippen LogP contribution in [0.25, 0.3) is 22.3 Å². The summed E-state index contributed by atoms with van der Waals surface area (Å²) < 4.78 is 1.93. The number of fused-ring (bicyclic) bond motifs is 3. The van der Waals surface area contributed by atoms with Crippen LogP contribution in [0.2, 0.25) is 0 Å². The van der Waals surface area contributed by atoms with Gasteiger partial charge in [0, 0.05) is 23.3 Å². The molecule has 3 heterocycles. The number of hydrogen-bond donors (Lipinski definition) is 3. The minimum atomic E-state index is -0.517. The molecule has 10 heteroatoms. The van der Waals surface area contributed by atoms with Crippen LogP contribution in [0.4, 0.5) is 11.6 Å². The van der Waals surface area contributed by atoms with Gasteiger partial charge in [0.2, 0.25) is 5.95 Å². The lowest BCUT2D eigenvalue weighted by atomic mass is 10.1. The average Bonchev–Trinajstić information content (AvgIpc) is 3.32. The maximum atomic E-state index is 11.1. The normalized spacial score (nSPS) is 15.7. The molecular weight excluding hydrogens is 360 g/mol. The quantitative estimate of drug-likeness (QED) is 0.372. The van der Waals surface area contributed by atoms with E-state index in [-0.39, 0.29) is 11.6 Å². The number of benzene rings is 2. The molecule has 0 saturated carbocycles. The summed E-state index contributed by atoms with van der Waals surface area (Å²) in [6, 6.07) is 14.1. The van der Waals surface area contributed by atoms with Crippen LogP contribution in [0.1, 0.15) is 11.7 Å². The highest BCUT2D eigenvalue weighted by molar-refractivity contribution is 5.95. The van der Waals surface area contributed by atoms with Crippen molar-refractivity contribution in [1.29, 1.82) is 0 Å². The van der Waals surface area contributed by atoms with Crippen LogP contribution in [0.15, 0.2) is 59.7 Å². The Kier molecular flexibility index (Phi) is 3.38. The molecular formula is C18H14N8O2. The Labute approximate surface area is 157 Å². The van der Waals surface area contributed by atoms with E-state index in [1.54, 1.807) is 18.3 Å². The van der Waals surface area contributed by atoms with Gasteiger partial charge in [0.25, 0.3) is 5.69 Å². The van der Waals surface area contributed by atoms with Crippen molar-refractivity contribution >= 4 is 28.6 Å². The highest BCUT2D eigenvalue weighted by Crippen LogP contribution is 2.36. The van der Waals surface area contributed by atoms with Crippen molar-refractivity contribution in [3.8, 4) is 11.3 Å². The number of aromatic amines is 1. The van der Waals surface area contributed by atoms with E-state index in [1.165, 1.54) is 12.1 Å². The summed E-state index contributed by atoms with van der Waals surface area (Å²) >= 11 is 0.